The predicted molar refractivity (Wildman–Crippen MR) is 66.6 cm³/mol. The third kappa shape index (κ3) is 2.16. The van der Waals surface area contributed by atoms with Gasteiger partial charge in [0.1, 0.15) is 0 Å². The number of hydrogen-bond acceptors (Lipinski definition) is 2. The maximum Gasteiger partial charge on any atom is 0.165 e. The van der Waals surface area contributed by atoms with Crippen molar-refractivity contribution >= 4 is 0 Å². The van der Waals surface area contributed by atoms with E-state index in [1.54, 1.807) is 6.07 Å². The molecule has 0 aromatic heterocycles. The number of rotatable bonds is 2. The van der Waals surface area contributed by atoms with Crippen molar-refractivity contribution in [2.45, 2.75) is 44.6 Å². The zero-order valence-corrected chi connectivity index (χ0v) is 10.6. The van der Waals surface area contributed by atoms with Gasteiger partial charge in [-0.05, 0) is 31.4 Å². The first-order chi connectivity index (χ1) is 8.08. The number of nitrogens with two attached hydrogens (primary N) is 1. The summed E-state index contributed by atoms with van der Waals surface area (Å²) in [6.07, 6.45) is 5.25. The van der Waals surface area contributed by atoms with E-state index in [9.17, 15) is 4.39 Å². The summed E-state index contributed by atoms with van der Waals surface area (Å²) in [6.45, 7) is 1.97. The first kappa shape index (κ1) is 12.4. The van der Waals surface area contributed by atoms with Crippen molar-refractivity contribution in [3.05, 3.63) is 29.1 Å². The van der Waals surface area contributed by atoms with Crippen LogP contribution in [-0.4, -0.2) is 7.11 Å². The number of ether oxygens (including phenoxy) is 1. The molecule has 0 unspecified atom stereocenters. The van der Waals surface area contributed by atoms with Crippen LogP contribution in [0, 0.1) is 12.7 Å². The van der Waals surface area contributed by atoms with Crippen molar-refractivity contribution in [1.82, 2.24) is 0 Å². The van der Waals surface area contributed by atoms with Crippen LogP contribution in [0.15, 0.2) is 12.1 Å². The van der Waals surface area contributed by atoms with Crippen LogP contribution in [0.2, 0.25) is 0 Å². The lowest BCUT2D eigenvalue weighted by Gasteiger charge is -2.36. The minimum absolute atomic E-state index is 0.316. The van der Waals surface area contributed by atoms with Gasteiger partial charge >= 0.3 is 0 Å². The molecule has 94 valence electrons. The summed E-state index contributed by atoms with van der Waals surface area (Å²) in [4.78, 5) is 0. The van der Waals surface area contributed by atoms with Gasteiger partial charge in [0.15, 0.2) is 11.6 Å². The Morgan fingerprint density at radius 2 is 1.88 bits per heavy atom. The Bertz CT molecular complexity index is 411. The lowest BCUT2D eigenvalue weighted by atomic mass is 9.75. The van der Waals surface area contributed by atoms with Crippen LogP contribution in [0.4, 0.5) is 4.39 Å². The minimum Gasteiger partial charge on any atom is -0.493 e. The molecule has 0 saturated heterocycles. The van der Waals surface area contributed by atoms with Crippen LogP contribution in [0.25, 0.3) is 0 Å². The van der Waals surface area contributed by atoms with Crippen LogP contribution < -0.4 is 10.5 Å². The zero-order valence-electron chi connectivity index (χ0n) is 10.6. The van der Waals surface area contributed by atoms with Gasteiger partial charge in [-0.15, -0.1) is 0 Å². The van der Waals surface area contributed by atoms with Crippen molar-refractivity contribution in [3.63, 3.8) is 0 Å². The average Bonchev–Trinajstić information content (AvgIpc) is 2.32. The smallest absolute Gasteiger partial charge is 0.165 e. The highest BCUT2D eigenvalue weighted by atomic mass is 19.1. The molecule has 2 N–H and O–H groups in total. The third-order valence-electron chi connectivity index (χ3n) is 3.77. The quantitative estimate of drug-likeness (QED) is 0.856. The molecule has 17 heavy (non-hydrogen) atoms. The van der Waals surface area contributed by atoms with Gasteiger partial charge in [0.2, 0.25) is 0 Å². The molecule has 1 aromatic rings. The molecule has 3 heteroatoms. The molecule has 0 bridgehead atoms. The van der Waals surface area contributed by atoms with Crippen molar-refractivity contribution in [3.8, 4) is 5.75 Å². The molecule has 1 aliphatic carbocycles. The van der Waals surface area contributed by atoms with Crippen LogP contribution in [-0.2, 0) is 5.54 Å². The second kappa shape index (κ2) is 4.65. The predicted octanol–water partition coefficient (Wildman–Crippen LogP) is 3.26. The molecular formula is C14H20FNO. The Morgan fingerprint density at radius 1 is 1.24 bits per heavy atom. The van der Waals surface area contributed by atoms with Gasteiger partial charge in [0.25, 0.3) is 0 Å². The molecule has 0 radical (unpaired) electrons. The number of methoxy groups -OCH3 is 1. The highest BCUT2D eigenvalue weighted by molar-refractivity contribution is 5.46. The molecular weight excluding hydrogens is 217 g/mol. The summed E-state index contributed by atoms with van der Waals surface area (Å²) in [5, 5.41) is 0. The fourth-order valence-electron chi connectivity index (χ4n) is 2.91. The van der Waals surface area contributed by atoms with Gasteiger partial charge in [0, 0.05) is 11.1 Å². The summed E-state index contributed by atoms with van der Waals surface area (Å²) in [7, 11) is 1.51. The van der Waals surface area contributed by atoms with E-state index in [1.165, 1.54) is 19.6 Å². The summed E-state index contributed by atoms with van der Waals surface area (Å²) in [5.74, 6) is 0.0119. The summed E-state index contributed by atoms with van der Waals surface area (Å²) >= 11 is 0. The van der Waals surface area contributed by atoms with E-state index >= 15 is 0 Å². The van der Waals surface area contributed by atoms with E-state index in [1.807, 2.05) is 6.92 Å². The van der Waals surface area contributed by atoms with Gasteiger partial charge in [-0.25, -0.2) is 4.39 Å². The number of hydrogen-bond donors (Lipinski definition) is 1. The average molecular weight is 237 g/mol. The standard InChI is InChI=1S/C14H20FNO/c1-10-6-7-11(15)13(17-2)12(10)14(16)8-4-3-5-9-14/h6-7H,3-5,8-9,16H2,1-2H3. The number of aryl methyl sites for hydroxylation is 1. The van der Waals surface area contributed by atoms with E-state index in [4.69, 9.17) is 10.5 Å². The summed E-state index contributed by atoms with van der Waals surface area (Å²) < 4.78 is 19.0. The molecule has 1 aliphatic rings. The Labute approximate surface area is 102 Å². The maximum atomic E-state index is 13.8. The first-order valence-electron chi connectivity index (χ1n) is 6.21. The summed E-state index contributed by atoms with van der Waals surface area (Å²) in [5.41, 5.74) is 7.94. The van der Waals surface area contributed by atoms with Gasteiger partial charge in [-0.3, -0.25) is 0 Å². The van der Waals surface area contributed by atoms with Crippen molar-refractivity contribution in [2.75, 3.05) is 7.11 Å². The fourth-order valence-corrected chi connectivity index (χ4v) is 2.91. The first-order valence-corrected chi connectivity index (χ1v) is 6.21. The van der Waals surface area contributed by atoms with Crippen LogP contribution in [0.5, 0.6) is 5.75 Å². The summed E-state index contributed by atoms with van der Waals surface area (Å²) in [6, 6.07) is 3.24. The fraction of sp³-hybridized carbons (Fsp3) is 0.571. The Kier molecular flexibility index (Phi) is 3.38. The molecule has 0 atom stereocenters. The minimum atomic E-state index is -0.421. The van der Waals surface area contributed by atoms with Crippen molar-refractivity contribution < 1.29 is 9.13 Å². The normalized spacial score (nSPS) is 19.1. The van der Waals surface area contributed by atoms with Crippen LogP contribution in [0.3, 0.4) is 0 Å². The maximum absolute atomic E-state index is 13.8. The molecule has 2 nitrogen and oxygen atoms in total. The van der Waals surface area contributed by atoms with Crippen molar-refractivity contribution in [1.29, 1.82) is 0 Å². The largest absolute Gasteiger partial charge is 0.493 e. The van der Waals surface area contributed by atoms with E-state index in [0.717, 1.165) is 36.8 Å². The highest BCUT2D eigenvalue weighted by Gasteiger charge is 2.34. The number of halogens is 1. The topological polar surface area (TPSA) is 35.2 Å². The highest BCUT2D eigenvalue weighted by Crippen LogP contribution is 2.41. The SMILES string of the molecule is COc1c(F)ccc(C)c1C1(N)CCCCC1. The molecule has 0 heterocycles. The monoisotopic (exact) mass is 237 g/mol. The molecule has 0 spiro atoms. The Balaban J connectivity index is 2.52. The second-order valence-corrected chi connectivity index (χ2v) is 4.99. The third-order valence-corrected chi connectivity index (χ3v) is 3.77. The second-order valence-electron chi connectivity index (χ2n) is 4.99. The van der Waals surface area contributed by atoms with Crippen molar-refractivity contribution in [2.24, 2.45) is 5.73 Å². The molecule has 0 aliphatic heterocycles. The van der Waals surface area contributed by atoms with E-state index in [2.05, 4.69) is 0 Å². The zero-order chi connectivity index (χ0) is 12.5. The molecule has 1 aromatic carbocycles. The molecule has 1 saturated carbocycles. The van der Waals surface area contributed by atoms with Gasteiger partial charge in [-0.2, -0.15) is 0 Å². The lowest BCUT2D eigenvalue weighted by Crippen LogP contribution is -2.39. The number of benzene rings is 1. The van der Waals surface area contributed by atoms with E-state index in [-0.39, 0.29) is 5.82 Å². The van der Waals surface area contributed by atoms with E-state index < -0.39 is 5.54 Å². The lowest BCUT2D eigenvalue weighted by molar-refractivity contribution is 0.283. The van der Waals surface area contributed by atoms with Gasteiger partial charge < -0.3 is 10.5 Å². The Hall–Kier alpha value is -1.09. The van der Waals surface area contributed by atoms with Gasteiger partial charge in [0.05, 0.1) is 7.11 Å². The molecule has 1 fully saturated rings. The van der Waals surface area contributed by atoms with Crippen LogP contribution >= 0.6 is 0 Å². The Morgan fingerprint density at radius 3 is 2.47 bits per heavy atom. The van der Waals surface area contributed by atoms with E-state index in [0.29, 0.717) is 5.75 Å². The van der Waals surface area contributed by atoms with Gasteiger partial charge in [-0.1, -0.05) is 25.3 Å². The van der Waals surface area contributed by atoms with Crippen LogP contribution in [0.1, 0.15) is 43.2 Å². The molecule has 2 rings (SSSR count). The molecule has 0 amide bonds.